The Kier molecular flexibility index (Phi) is 5.40. The highest BCUT2D eigenvalue weighted by Gasteiger charge is 2.26. The second-order valence-corrected chi connectivity index (χ2v) is 6.37. The molecule has 0 saturated carbocycles. The summed E-state index contributed by atoms with van der Waals surface area (Å²) in [4.78, 5) is 11.3. The number of carboxylic acid groups (broad SMARTS) is 1. The molecule has 5 nitrogen and oxygen atoms in total. The van der Waals surface area contributed by atoms with Crippen molar-refractivity contribution in [2.75, 3.05) is 21.3 Å². The molecule has 0 amide bonds. The van der Waals surface area contributed by atoms with Gasteiger partial charge in [-0.25, -0.2) is 4.39 Å². The van der Waals surface area contributed by atoms with E-state index in [4.69, 9.17) is 14.2 Å². The van der Waals surface area contributed by atoms with Crippen LogP contribution in [-0.4, -0.2) is 32.4 Å². The van der Waals surface area contributed by atoms with Crippen molar-refractivity contribution in [1.29, 1.82) is 0 Å². The fourth-order valence-electron chi connectivity index (χ4n) is 3.45. The maximum atomic E-state index is 13.8. The molecular formula is C22H21FO5. The summed E-state index contributed by atoms with van der Waals surface area (Å²) in [5, 5.41) is 9.28. The van der Waals surface area contributed by atoms with Crippen molar-refractivity contribution >= 4 is 23.2 Å². The molecule has 0 bridgehead atoms. The van der Waals surface area contributed by atoms with E-state index in [2.05, 4.69) is 0 Å². The number of carbonyl (C=O) groups is 1. The first kappa shape index (κ1) is 19.5. The van der Waals surface area contributed by atoms with Crippen LogP contribution in [0.25, 0.3) is 17.2 Å². The SMILES string of the molecule is COc1cc(OC)c(/C=C2/C(C)=C(CC(=O)O)c3cc(F)ccc32)c(OC)c1. The molecule has 0 heterocycles. The number of benzene rings is 2. The van der Waals surface area contributed by atoms with Gasteiger partial charge < -0.3 is 19.3 Å². The van der Waals surface area contributed by atoms with Crippen molar-refractivity contribution in [1.82, 2.24) is 0 Å². The lowest BCUT2D eigenvalue weighted by Crippen LogP contribution is -1.97. The highest BCUT2D eigenvalue weighted by atomic mass is 19.1. The summed E-state index contributed by atoms with van der Waals surface area (Å²) in [6.45, 7) is 1.84. The minimum Gasteiger partial charge on any atom is -0.496 e. The minimum absolute atomic E-state index is 0.184. The van der Waals surface area contributed by atoms with Crippen LogP contribution in [0.15, 0.2) is 35.9 Å². The van der Waals surface area contributed by atoms with E-state index in [1.807, 2.05) is 13.0 Å². The second-order valence-electron chi connectivity index (χ2n) is 6.37. The first-order valence-electron chi connectivity index (χ1n) is 8.63. The molecule has 0 spiro atoms. The Bertz CT molecular complexity index is 979. The number of halogens is 1. The maximum Gasteiger partial charge on any atom is 0.307 e. The Hall–Kier alpha value is -3.28. The van der Waals surface area contributed by atoms with Crippen LogP contribution in [0.3, 0.4) is 0 Å². The summed E-state index contributed by atoms with van der Waals surface area (Å²) in [5.41, 5.74) is 4.23. The van der Waals surface area contributed by atoms with Crippen molar-refractivity contribution in [2.24, 2.45) is 0 Å². The lowest BCUT2D eigenvalue weighted by Gasteiger charge is -2.14. The van der Waals surface area contributed by atoms with Crippen molar-refractivity contribution in [3.05, 3.63) is 58.4 Å². The lowest BCUT2D eigenvalue weighted by molar-refractivity contribution is -0.135. The number of methoxy groups -OCH3 is 3. The molecule has 2 aromatic carbocycles. The largest absolute Gasteiger partial charge is 0.496 e. The van der Waals surface area contributed by atoms with Crippen LogP contribution < -0.4 is 14.2 Å². The molecule has 1 N–H and O–H groups in total. The summed E-state index contributed by atoms with van der Waals surface area (Å²) in [5.74, 6) is 0.308. The van der Waals surface area contributed by atoms with E-state index >= 15 is 0 Å². The highest BCUT2D eigenvalue weighted by Crippen LogP contribution is 2.46. The summed E-state index contributed by atoms with van der Waals surface area (Å²) in [6, 6.07) is 7.89. The molecular weight excluding hydrogens is 363 g/mol. The molecule has 1 aliphatic rings. The molecule has 0 unspecified atom stereocenters. The van der Waals surface area contributed by atoms with Crippen LogP contribution in [0.5, 0.6) is 17.2 Å². The molecule has 6 heteroatoms. The molecule has 0 saturated heterocycles. The van der Waals surface area contributed by atoms with Gasteiger partial charge in [0.1, 0.15) is 23.1 Å². The Labute approximate surface area is 162 Å². The maximum absolute atomic E-state index is 13.8. The third kappa shape index (κ3) is 3.45. The molecule has 2 aromatic rings. The Morgan fingerprint density at radius 1 is 1.04 bits per heavy atom. The third-order valence-corrected chi connectivity index (χ3v) is 4.82. The van der Waals surface area contributed by atoms with E-state index in [1.165, 1.54) is 12.1 Å². The zero-order chi connectivity index (χ0) is 20.4. The van der Waals surface area contributed by atoms with E-state index in [-0.39, 0.29) is 6.42 Å². The minimum atomic E-state index is -0.967. The van der Waals surface area contributed by atoms with Crippen LogP contribution in [0.4, 0.5) is 4.39 Å². The van der Waals surface area contributed by atoms with E-state index < -0.39 is 11.8 Å². The van der Waals surface area contributed by atoms with Crippen molar-refractivity contribution < 1.29 is 28.5 Å². The molecule has 146 valence electrons. The first-order valence-corrected chi connectivity index (χ1v) is 8.63. The van der Waals surface area contributed by atoms with Crippen molar-refractivity contribution in [3.63, 3.8) is 0 Å². The van der Waals surface area contributed by atoms with Gasteiger partial charge in [0.15, 0.2) is 0 Å². The standard InChI is InChI=1S/C22H21FO5/c1-12-16(10-19-20(27-3)8-14(26-2)9-21(19)28-4)15-6-5-13(23)7-18(15)17(12)11-22(24)25/h5-10H,11H2,1-4H3,(H,24,25)/b16-10-. The fourth-order valence-corrected chi connectivity index (χ4v) is 3.45. The molecule has 0 aliphatic heterocycles. The Balaban J connectivity index is 2.25. The fraction of sp³-hybridized carbons (Fsp3) is 0.227. The average molecular weight is 384 g/mol. The molecule has 1 aliphatic carbocycles. The van der Waals surface area contributed by atoms with Gasteiger partial charge in [-0.2, -0.15) is 0 Å². The Morgan fingerprint density at radius 3 is 2.21 bits per heavy atom. The molecule has 3 rings (SSSR count). The van der Waals surface area contributed by atoms with Crippen molar-refractivity contribution in [3.8, 4) is 17.2 Å². The summed E-state index contributed by atoms with van der Waals surface area (Å²) in [6.07, 6.45) is 1.69. The van der Waals surface area contributed by atoms with Crippen molar-refractivity contribution in [2.45, 2.75) is 13.3 Å². The van der Waals surface area contributed by atoms with Gasteiger partial charge in [-0.05, 0) is 53.0 Å². The van der Waals surface area contributed by atoms with Gasteiger partial charge in [0.05, 0.1) is 33.3 Å². The zero-order valence-electron chi connectivity index (χ0n) is 16.1. The number of allylic oxidation sites excluding steroid dienone is 2. The van der Waals surface area contributed by atoms with Gasteiger partial charge in [0.25, 0.3) is 0 Å². The van der Waals surface area contributed by atoms with Crippen LogP contribution in [0.2, 0.25) is 0 Å². The number of fused-ring (bicyclic) bond motifs is 1. The average Bonchev–Trinajstić information content (AvgIpc) is 2.92. The molecule has 28 heavy (non-hydrogen) atoms. The van der Waals surface area contributed by atoms with Gasteiger partial charge in [-0.15, -0.1) is 0 Å². The van der Waals surface area contributed by atoms with Crippen LogP contribution in [0.1, 0.15) is 30.0 Å². The van der Waals surface area contributed by atoms with Gasteiger partial charge in [0, 0.05) is 12.1 Å². The van der Waals surface area contributed by atoms with Gasteiger partial charge in [-0.1, -0.05) is 6.07 Å². The number of ether oxygens (including phenoxy) is 3. The quantitative estimate of drug-likeness (QED) is 0.785. The van der Waals surface area contributed by atoms with Crippen LogP contribution in [-0.2, 0) is 4.79 Å². The van der Waals surface area contributed by atoms with Crippen LogP contribution in [0, 0.1) is 5.82 Å². The topological polar surface area (TPSA) is 65.0 Å². The predicted molar refractivity (Wildman–Crippen MR) is 105 cm³/mol. The van der Waals surface area contributed by atoms with E-state index in [9.17, 15) is 14.3 Å². The number of hydrogen-bond acceptors (Lipinski definition) is 4. The summed E-state index contributed by atoms with van der Waals surface area (Å²) < 4.78 is 30.1. The van der Waals surface area contributed by atoms with Gasteiger partial charge in [-0.3, -0.25) is 4.79 Å². The summed E-state index contributed by atoms with van der Waals surface area (Å²) >= 11 is 0. The molecule has 0 fully saturated rings. The second kappa shape index (κ2) is 7.76. The lowest BCUT2D eigenvalue weighted by atomic mass is 9.99. The number of hydrogen-bond donors (Lipinski definition) is 1. The van der Waals surface area contributed by atoms with E-state index in [0.29, 0.717) is 33.9 Å². The summed E-state index contributed by atoms with van der Waals surface area (Å²) in [7, 11) is 4.65. The van der Waals surface area contributed by atoms with Gasteiger partial charge >= 0.3 is 5.97 Å². The number of aliphatic carboxylic acids is 1. The van der Waals surface area contributed by atoms with Gasteiger partial charge in [0.2, 0.25) is 0 Å². The number of carboxylic acids is 1. The molecule has 0 radical (unpaired) electrons. The molecule has 0 atom stereocenters. The monoisotopic (exact) mass is 384 g/mol. The Morgan fingerprint density at radius 2 is 1.68 bits per heavy atom. The smallest absolute Gasteiger partial charge is 0.307 e. The van der Waals surface area contributed by atoms with E-state index in [1.54, 1.807) is 39.5 Å². The molecule has 0 aromatic heterocycles. The normalized spacial score (nSPS) is 14.2. The van der Waals surface area contributed by atoms with Crippen LogP contribution >= 0.6 is 0 Å². The highest BCUT2D eigenvalue weighted by molar-refractivity contribution is 6.08. The first-order chi connectivity index (χ1) is 13.4. The number of rotatable bonds is 6. The predicted octanol–water partition coefficient (Wildman–Crippen LogP) is 4.65. The van der Waals surface area contributed by atoms with E-state index in [0.717, 1.165) is 16.7 Å². The zero-order valence-corrected chi connectivity index (χ0v) is 16.1. The third-order valence-electron chi connectivity index (χ3n) is 4.82.